The molecule has 0 N–H and O–H groups in total. The van der Waals surface area contributed by atoms with Crippen LogP contribution >= 0.6 is 0 Å². The summed E-state index contributed by atoms with van der Waals surface area (Å²) in [6.45, 7) is 42.3. The predicted molar refractivity (Wildman–Crippen MR) is 330 cm³/mol. The Bertz CT molecular complexity index is 3780. The minimum absolute atomic E-state index is 0.00146. The van der Waals surface area contributed by atoms with Gasteiger partial charge in [-0.2, -0.15) is 0 Å². The molecule has 3 heteroatoms. The third kappa shape index (κ3) is 6.38. The largest absolute Gasteiger partial charge is 0.334 e. The van der Waals surface area contributed by atoms with Gasteiger partial charge >= 0.3 is 0 Å². The molecular weight excluding hydrogens is 928 g/mol. The van der Waals surface area contributed by atoms with Crippen LogP contribution in [0.15, 0.2) is 109 Å². The highest BCUT2D eigenvalue weighted by atomic mass is 15.3. The first-order valence-electron chi connectivity index (χ1n) is 29.8. The molecule has 1 fully saturated rings. The summed E-state index contributed by atoms with van der Waals surface area (Å²) in [5.41, 5.74) is 33.7. The summed E-state index contributed by atoms with van der Waals surface area (Å²) in [7, 11) is 0. The number of benzene rings is 7. The molecule has 14 rings (SSSR count). The third-order valence-corrected chi connectivity index (χ3v) is 22.4. The van der Waals surface area contributed by atoms with Crippen molar-refractivity contribution in [1.29, 1.82) is 0 Å². The van der Waals surface area contributed by atoms with Gasteiger partial charge in [0.15, 0.2) is 0 Å². The lowest BCUT2D eigenvalue weighted by Crippen LogP contribution is -2.59. The van der Waals surface area contributed by atoms with Crippen LogP contribution in [-0.2, 0) is 37.9 Å². The molecule has 7 aromatic carbocycles. The molecule has 3 aliphatic heterocycles. The fourth-order valence-electron chi connectivity index (χ4n) is 18.2. The van der Waals surface area contributed by atoms with Crippen LogP contribution in [0.1, 0.15) is 209 Å². The second-order valence-corrected chi connectivity index (χ2v) is 30.1. The van der Waals surface area contributed by atoms with Gasteiger partial charge in [-0.1, -0.05) is 187 Å². The Morgan fingerprint density at radius 3 is 1.91 bits per heavy atom. The van der Waals surface area contributed by atoms with Crippen LogP contribution in [0.2, 0.25) is 0 Å². The van der Waals surface area contributed by atoms with Gasteiger partial charge in [-0.25, -0.2) is 0 Å². The van der Waals surface area contributed by atoms with Gasteiger partial charge in [-0.3, -0.25) is 0 Å². The highest BCUT2D eigenvalue weighted by Gasteiger charge is 2.59. The molecule has 77 heavy (non-hydrogen) atoms. The zero-order valence-electron chi connectivity index (χ0n) is 49.8. The Morgan fingerprint density at radius 1 is 0.468 bits per heavy atom. The van der Waals surface area contributed by atoms with E-state index in [9.17, 15) is 0 Å². The molecule has 1 saturated carbocycles. The summed E-state index contributed by atoms with van der Waals surface area (Å²) in [6.07, 6.45) is 8.28. The summed E-state index contributed by atoms with van der Waals surface area (Å²) in [4.78, 5) is 5.67. The molecule has 0 aromatic heterocycles. The first-order chi connectivity index (χ1) is 36.1. The van der Waals surface area contributed by atoms with Gasteiger partial charge in [0, 0.05) is 44.7 Å². The average Bonchev–Trinajstić information content (AvgIpc) is 4.00. The van der Waals surface area contributed by atoms with E-state index in [2.05, 4.69) is 237 Å². The standard InChI is InChI=1S/C74H83BN2/c1-43-32-45(3)66-65(33-43)76-62-40-58-54(34-44(62)2)68(7,8)30-31-72(58,15)57-41-63-59(38-53(57)67(4,5)6)73(16)28-20-21-29-74(73,17)77(63)47-25-27-60(64(76)36-47)75(66)61-39-56-55(69(9,10)42-70(56,11)12)37-49(61)46-24-26-52-50(35-46)48-22-18-19-23-51(48)71(52,13)14/h18-19,22-27,32-41H,20-21,28-31,42H2,1-17H3. The highest BCUT2D eigenvalue weighted by molar-refractivity contribution is 6.99. The molecule has 392 valence electrons. The number of hydrogen-bond acceptors (Lipinski definition) is 2. The summed E-state index contributed by atoms with van der Waals surface area (Å²) in [5.74, 6) is 0. The quantitative estimate of drug-likeness (QED) is 0.159. The van der Waals surface area contributed by atoms with Crippen molar-refractivity contribution in [2.45, 2.75) is 206 Å². The second kappa shape index (κ2) is 15.3. The lowest BCUT2D eigenvalue weighted by molar-refractivity contribution is 0.195. The van der Waals surface area contributed by atoms with Crippen molar-refractivity contribution >= 4 is 51.5 Å². The average molecular weight is 1010 g/mol. The zero-order chi connectivity index (χ0) is 54.3. The normalized spacial score (nSPS) is 24.8. The summed E-state index contributed by atoms with van der Waals surface area (Å²) in [5, 5.41) is 0. The molecule has 7 aliphatic rings. The van der Waals surface area contributed by atoms with Gasteiger partial charge in [-0.05, 0) is 212 Å². The maximum absolute atomic E-state index is 2.90. The Hall–Kier alpha value is -5.80. The van der Waals surface area contributed by atoms with E-state index in [1.54, 1.807) is 5.56 Å². The van der Waals surface area contributed by atoms with E-state index in [4.69, 9.17) is 0 Å². The molecule has 2 nitrogen and oxygen atoms in total. The van der Waals surface area contributed by atoms with Gasteiger partial charge in [0.25, 0.3) is 0 Å². The monoisotopic (exact) mass is 1010 g/mol. The minimum Gasteiger partial charge on any atom is -0.334 e. The van der Waals surface area contributed by atoms with Crippen LogP contribution in [0.4, 0.5) is 28.4 Å². The van der Waals surface area contributed by atoms with Crippen LogP contribution in [-0.4, -0.2) is 12.3 Å². The minimum atomic E-state index is -0.197. The zero-order valence-corrected chi connectivity index (χ0v) is 49.8. The van der Waals surface area contributed by atoms with Gasteiger partial charge in [-0.15, -0.1) is 0 Å². The number of aryl methyl sites for hydroxylation is 3. The van der Waals surface area contributed by atoms with Gasteiger partial charge in [0.1, 0.15) is 0 Å². The van der Waals surface area contributed by atoms with E-state index in [0.29, 0.717) is 0 Å². The fraction of sp³-hybridized carbons (Fsp3) is 0.432. The molecule has 0 saturated heterocycles. The molecule has 0 spiro atoms. The van der Waals surface area contributed by atoms with Crippen LogP contribution in [0, 0.1) is 20.8 Å². The van der Waals surface area contributed by atoms with Crippen molar-refractivity contribution in [1.82, 2.24) is 0 Å². The maximum atomic E-state index is 2.90. The van der Waals surface area contributed by atoms with E-state index in [1.807, 2.05) is 0 Å². The van der Waals surface area contributed by atoms with Crippen molar-refractivity contribution in [2.24, 2.45) is 0 Å². The highest BCUT2D eigenvalue weighted by Crippen LogP contribution is 2.64. The first-order valence-corrected chi connectivity index (χ1v) is 29.8. The molecule has 4 aliphatic carbocycles. The lowest BCUT2D eigenvalue weighted by Gasteiger charge is -2.50. The lowest BCUT2D eigenvalue weighted by atomic mass is 9.33. The molecule has 0 amide bonds. The first kappa shape index (κ1) is 49.5. The van der Waals surface area contributed by atoms with Crippen LogP contribution < -0.4 is 26.2 Å². The van der Waals surface area contributed by atoms with E-state index in [1.165, 1.54) is 154 Å². The van der Waals surface area contributed by atoms with Crippen molar-refractivity contribution in [3.05, 3.63) is 176 Å². The van der Waals surface area contributed by atoms with Gasteiger partial charge in [0.2, 0.25) is 6.71 Å². The Labute approximate surface area is 463 Å². The third-order valence-electron chi connectivity index (χ3n) is 22.4. The number of fused-ring (bicyclic) bond motifs is 15. The molecule has 6 bridgehead atoms. The van der Waals surface area contributed by atoms with Crippen LogP contribution in [0.5, 0.6) is 0 Å². The predicted octanol–water partition coefficient (Wildman–Crippen LogP) is 17.6. The van der Waals surface area contributed by atoms with E-state index in [0.717, 1.165) is 19.3 Å². The van der Waals surface area contributed by atoms with E-state index in [-0.39, 0.29) is 50.2 Å². The fourth-order valence-corrected chi connectivity index (χ4v) is 18.2. The second-order valence-electron chi connectivity index (χ2n) is 30.1. The summed E-state index contributed by atoms with van der Waals surface area (Å²) >= 11 is 0. The summed E-state index contributed by atoms with van der Waals surface area (Å²) in [6, 6.07) is 45.8. The topological polar surface area (TPSA) is 6.48 Å². The number of hydrogen-bond donors (Lipinski definition) is 0. The summed E-state index contributed by atoms with van der Waals surface area (Å²) < 4.78 is 0. The smallest absolute Gasteiger partial charge is 0.247 e. The Kier molecular flexibility index (Phi) is 9.84. The van der Waals surface area contributed by atoms with Crippen LogP contribution in [0.3, 0.4) is 0 Å². The van der Waals surface area contributed by atoms with Crippen molar-refractivity contribution in [3.63, 3.8) is 0 Å². The number of rotatable bonds is 2. The Balaban J connectivity index is 1.11. The maximum Gasteiger partial charge on any atom is 0.247 e. The molecular formula is C74H83BN2. The van der Waals surface area contributed by atoms with E-state index < -0.39 is 0 Å². The molecule has 0 radical (unpaired) electrons. The van der Waals surface area contributed by atoms with Gasteiger partial charge in [0.05, 0.1) is 5.54 Å². The number of nitrogens with zero attached hydrogens (tertiary/aromatic N) is 2. The van der Waals surface area contributed by atoms with Crippen molar-refractivity contribution in [3.8, 4) is 22.3 Å². The van der Waals surface area contributed by atoms with Crippen molar-refractivity contribution in [2.75, 3.05) is 9.80 Å². The number of anilines is 5. The van der Waals surface area contributed by atoms with E-state index >= 15 is 0 Å². The molecule has 3 unspecified atom stereocenters. The van der Waals surface area contributed by atoms with Gasteiger partial charge < -0.3 is 9.80 Å². The van der Waals surface area contributed by atoms with Crippen LogP contribution in [0.25, 0.3) is 22.3 Å². The molecule has 3 heterocycles. The SMILES string of the molecule is Cc1cc(C)c2c(c1)N1c3cc4c(cc3C)C(C)(C)CCC4(C)c3cc4c(cc3C(C)(C)C)C3(C)CCCCC3(C)N4c3ccc(c1c3)B2c1cc2c(cc1-c1ccc3c(c1)-c1ccccc1C3(C)C)C(C)(C)CC2(C)C. The van der Waals surface area contributed by atoms with Crippen molar-refractivity contribution < 1.29 is 0 Å². The Morgan fingerprint density at radius 2 is 1.16 bits per heavy atom. The molecule has 7 aromatic rings. The molecule has 3 atom stereocenters.